The molecule has 2 rings (SSSR count). The largest absolute Gasteiger partial charge is 0.299 e. The average molecular weight is 223 g/mol. The molecule has 3 heteroatoms. The number of ketones is 1. The van der Waals surface area contributed by atoms with E-state index in [2.05, 4.69) is 22.4 Å². The van der Waals surface area contributed by atoms with Crippen molar-refractivity contribution in [3.05, 3.63) is 22.4 Å². The zero-order chi connectivity index (χ0) is 10.7. The number of likely N-dealkylation sites (N-methyl/N-ethyl adjacent to an activating group) is 1. The number of hydrogen-bond acceptors (Lipinski definition) is 3. The van der Waals surface area contributed by atoms with Gasteiger partial charge in [-0.1, -0.05) is 6.07 Å². The Bertz CT molecular complexity index is 316. The Morgan fingerprint density at radius 1 is 1.60 bits per heavy atom. The highest BCUT2D eigenvalue weighted by Gasteiger charge is 2.29. The van der Waals surface area contributed by atoms with E-state index >= 15 is 0 Å². The fourth-order valence-electron chi connectivity index (χ4n) is 1.64. The number of thiophene rings is 1. The van der Waals surface area contributed by atoms with Crippen LogP contribution in [-0.4, -0.2) is 30.8 Å². The Morgan fingerprint density at radius 3 is 3.00 bits per heavy atom. The summed E-state index contributed by atoms with van der Waals surface area (Å²) in [5, 5.41) is 2.10. The van der Waals surface area contributed by atoms with Gasteiger partial charge in [0.25, 0.3) is 0 Å². The molecule has 15 heavy (non-hydrogen) atoms. The van der Waals surface area contributed by atoms with Gasteiger partial charge in [0.15, 0.2) is 0 Å². The van der Waals surface area contributed by atoms with Crippen LogP contribution in [0.25, 0.3) is 0 Å². The number of rotatable bonds is 6. The lowest BCUT2D eigenvalue weighted by Crippen LogP contribution is -2.28. The van der Waals surface area contributed by atoms with Gasteiger partial charge in [-0.2, -0.15) is 0 Å². The third-order valence-electron chi connectivity index (χ3n) is 2.78. The zero-order valence-corrected chi connectivity index (χ0v) is 9.93. The number of hydrogen-bond donors (Lipinski definition) is 0. The van der Waals surface area contributed by atoms with Gasteiger partial charge in [0.05, 0.1) is 6.54 Å². The monoisotopic (exact) mass is 223 g/mol. The molecule has 82 valence electrons. The Morgan fingerprint density at radius 2 is 2.40 bits per heavy atom. The molecular formula is C12H17NOS. The lowest BCUT2D eigenvalue weighted by atomic mass is 10.2. The first-order chi connectivity index (χ1) is 7.25. The van der Waals surface area contributed by atoms with E-state index in [0.717, 1.165) is 25.8 Å². The maximum atomic E-state index is 11.5. The van der Waals surface area contributed by atoms with Crippen LogP contribution in [0.5, 0.6) is 0 Å². The number of carbonyl (C=O) groups excluding carboxylic acids is 1. The average Bonchev–Trinajstić information content (AvgIpc) is 2.93. The molecule has 0 aromatic carbocycles. The molecule has 1 aliphatic rings. The summed E-state index contributed by atoms with van der Waals surface area (Å²) in [6.45, 7) is 1.62. The summed E-state index contributed by atoms with van der Waals surface area (Å²) < 4.78 is 0. The topological polar surface area (TPSA) is 20.3 Å². The molecular weight excluding hydrogens is 206 g/mol. The summed E-state index contributed by atoms with van der Waals surface area (Å²) in [4.78, 5) is 15.1. The predicted molar refractivity (Wildman–Crippen MR) is 63.3 cm³/mol. The minimum atomic E-state index is 0.397. The second-order valence-electron chi connectivity index (χ2n) is 4.31. The van der Waals surface area contributed by atoms with Gasteiger partial charge < -0.3 is 0 Å². The van der Waals surface area contributed by atoms with Crippen molar-refractivity contribution < 1.29 is 4.79 Å². The molecule has 0 radical (unpaired) electrons. The number of Topliss-reactive ketones (excluding diaryl/α,β-unsaturated/α-hetero) is 1. The standard InChI is InChI=1S/C12H17NOS/c1-13(9-12(14)10-4-5-10)7-6-11-3-2-8-15-11/h2-3,8,10H,4-7,9H2,1H3. The van der Waals surface area contributed by atoms with E-state index in [1.807, 2.05) is 7.05 Å². The highest BCUT2D eigenvalue weighted by molar-refractivity contribution is 7.09. The highest BCUT2D eigenvalue weighted by Crippen LogP contribution is 2.29. The normalized spacial score (nSPS) is 15.9. The van der Waals surface area contributed by atoms with Crippen molar-refractivity contribution in [2.75, 3.05) is 20.1 Å². The van der Waals surface area contributed by atoms with Crippen LogP contribution in [0.4, 0.5) is 0 Å². The summed E-state index contributed by atoms with van der Waals surface area (Å²) in [7, 11) is 2.04. The fourth-order valence-corrected chi connectivity index (χ4v) is 2.33. The molecule has 0 amide bonds. The van der Waals surface area contributed by atoms with Crippen molar-refractivity contribution in [2.45, 2.75) is 19.3 Å². The van der Waals surface area contributed by atoms with Gasteiger partial charge in [-0.05, 0) is 37.8 Å². The van der Waals surface area contributed by atoms with Gasteiger partial charge in [0.2, 0.25) is 0 Å². The van der Waals surface area contributed by atoms with Gasteiger partial charge >= 0.3 is 0 Å². The van der Waals surface area contributed by atoms with Gasteiger partial charge in [0.1, 0.15) is 5.78 Å². The van der Waals surface area contributed by atoms with Crippen LogP contribution in [0.1, 0.15) is 17.7 Å². The van der Waals surface area contributed by atoms with E-state index in [-0.39, 0.29) is 0 Å². The molecule has 1 heterocycles. The molecule has 0 spiro atoms. The third kappa shape index (κ3) is 3.43. The summed E-state index contributed by atoms with van der Waals surface area (Å²) in [5.41, 5.74) is 0. The first kappa shape index (κ1) is 10.8. The molecule has 1 fully saturated rings. The second-order valence-corrected chi connectivity index (χ2v) is 5.34. The maximum absolute atomic E-state index is 11.5. The first-order valence-electron chi connectivity index (χ1n) is 5.49. The zero-order valence-electron chi connectivity index (χ0n) is 9.11. The van der Waals surface area contributed by atoms with Gasteiger partial charge in [-0.25, -0.2) is 0 Å². The van der Waals surface area contributed by atoms with E-state index < -0.39 is 0 Å². The summed E-state index contributed by atoms with van der Waals surface area (Å²) in [6, 6.07) is 4.23. The van der Waals surface area contributed by atoms with Crippen molar-refractivity contribution in [1.29, 1.82) is 0 Å². The predicted octanol–water partition coefficient (Wildman–Crippen LogP) is 2.20. The van der Waals surface area contributed by atoms with Crippen LogP contribution >= 0.6 is 11.3 Å². The van der Waals surface area contributed by atoms with Gasteiger partial charge in [-0.3, -0.25) is 9.69 Å². The second kappa shape index (κ2) is 4.90. The minimum absolute atomic E-state index is 0.397. The van der Waals surface area contributed by atoms with Crippen LogP contribution in [0.2, 0.25) is 0 Å². The highest BCUT2D eigenvalue weighted by atomic mass is 32.1. The molecule has 0 atom stereocenters. The molecule has 0 unspecified atom stereocenters. The summed E-state index contributed by atoms with van der Waals surface area (Å²) in [5.74, 6) is 0.831. The Balaban J connectivity index is 1.68. The van der Waals surface area contributed by atoms with Gasteiger partial charge in [0, 0.05) is 17.3 Å². The van der Waals surface area contributed by atoms with Crippen molar-refractivity contribution >= 4 is 17.1 Å². The molecule has 2 nitrogen and oxygen atoms in total. The van der Waals surface area contributed by atoms with E-state index in [4.69, 9.17) is 0 Å². The van der Waals surface area contributed by atoms with Crippen LogP contribution in [-0.2, 0) is 11.2 Å². The van der Waals surface area contributed by atoms with E-state index in [1.165, 1.54) is 4.88 Å². The van der Waals surface area contributed by atoms with Crippen molar-refractivity contribution in [3.63, 3.8) is 0 Å². The van der Waals surface area contributed by atoms with Gasteiger partial charge in [-0.15, -0.1) is 11.3 Å². The summed E-state index contributed by atoms with van der Waals surface area (Å²) >= 11 is 1.79. The molecule has 0 saturated heterocycles. The molecule has 0 bridgehead atoms. The SMILES string of the molecule is CN(CCc1cccs1)CC(=O)C1CC1. The third-order valence-corrected chi connectivity index (χ3v) is 3.71. The van der Waals surface area contributed by atoms with E-state index in [9.17, 15) is 4.79 Å². The molecule has 1 saturated carbocycles. The first-order valence-corrected chi connectivity index (χ1v) is 6.37. The minimum Gasteiger partial charge on any atom is -0.299 e. The smallest absolute Gasteiger partial charge is 0.149 e. The van der Waals surface area contributed by atoms with Crippen LogP contribution in [0.15, 0.2) is 17.5 Å². The Kier molecular flexibility index (Phi) is 3.54. The summed E-state index contributed by atoms with van der Waals surface area (Å²) in [6.07, 6.45) is 3.31. The van der Waals surface area contributed by atoms with Crippen LogP contribution in [0, 0.1) is 5.92 Å². The fraction of sp³-hybridized carbons (Fsp3) is 0.583. The van der Waals surface area contributed by atoms with Crippen LogP contribution < -0.4 is 0 Å². The Labute approximate surface area is 94.9 Å². The maximum Gasteiger partial charge on any atom is 0.149 e. The lowest BCUT2D eigenvalue weighted by Gasteiger charge is -2.14. The quantitative estimate of drug-likeness (QED) is 0.737. The lowest BCUT2D eigenvalue weighted by molar-refractivity contribution is -0.121. The molecule has 0 N–H and O–H groups in total. The molecule has 0 aliphatic heterocycles. The number of nitrogens with zero attached hydrogens (tertiary/aromatic N) is 1. The Hall–Kier alpha value is -0.670. The van der Waals surface area contributed by atoms with E-state index in [0.29, 0.717) is 18.2 Å². The van der Waals surface area contributed by atoms with Crippen LogP contribution in [0.3, 0.4) is 0 Å². The molecule has 1 aromatic heterocycles. The molecule has 1 aliphatic carbocycles. The number of carbonyl (C=O) groups is 1. The van der Waals surface area contributed by atoms with Crippen molar-refractivity contribution in [2.24, 2.45) is 5.92 Å². The van der Waals surface area contributed by atoms with E-state index in [1.54, 1.807) is 11.3 Å². The van der Waals surface area contributed by atoms with Crippen molar-refractivity contribution in [3.8, 4) is 0 Å². The molecule has 1 aromatic rings. The van der Waals surface area contributed by atoms with Crippen molar-refractivity contribution in [1.82, 2.24) is 4.90 Å².